The highest BCUT2D eigenvalue weighted by Crippen LogP contribution is 2.18. The molecule has 4 nitrogen and oxygen atoms in total. The first-order valence-electron chi connectivity index (χ1n) is 4.51. The lowest BCUT2D eigenvalue weighted by Crippen LogP contribution is -2.32. The van der Waals surface area contributed by atoms with Crippen molar-refractivity contribution in [2.45, 2.75) is 26.0 Å². The highest BCUT2D eigenvalue weighted by atomic mass is 127. The average Bonchev–Trinajstić information content (AvgIpc) is 2.37. The summed E-state index contributed by atoms with van der Waals surface area (Å²) in [6.45, 7) is 3.49. The van der Waals surface area contributed by atoms with E-state index >= 15 is 0 Å². The third-order valence-electron chi connectivity index (χ3n) is 2.38. The average molecular weight is 306 g/mol. The lowest BCUT2D eigenvalue weighted by Gasteiger charge is -2.27. The SMILES string of the molecule is Cc1nc(C=O)n(C[C@@H]2CCO2)c1I. The fraction of sp³-hybridized carbons (Fsp3) is 0.556. The van der Waals surface area contributed by atoms with Crippen molar-refractivity contribution in [2.75, 3.05) is 6.61 Å². The van der Waals surface area contributed by atoms with Crippen LogP contribution in [0.3, 0.4) is 0 Å². The zero-order chi connectivity index (χ0) is 10.1. The first-order chi connectivity index (χ1) is 6.72. The molecule has 0 N–H and O–H groups in total. The maximum atomic E-state index is 10.8. The molecular formula is C9H11IN2O2. The molecule has 1 aliphatic heterocycles. The smallest absolute Gasteiger partial charge is 0.185 e. The topological polar surface area (TPSA) is 44.1 Å². The summed E-state index contributed by atoms with van der Waals surface area (Å²) in [6, 6.07) is 0. The second-order valence-electron chi connectivity index (χ2n) is 3.36. The highest BCUT2D eigenvalue weighted by molar-refractivity contribution is 14.1. The molecule has 1 fully saturated rings. The normalized spacial score (nSPS) is 20.6. The number of imidazole rings is 1. The quantitative estimate of drug-likeness (QED) is 0.626. The van der Waals surface area contributed by atoms with E-state index in [0.717, 1.165) is 35.3 Å². The second-order valence-corrected chi connectivity index (χ2v) is 4.38. The van der Waals surface area contributed by atoms with E-state index in [-0.39, 0.29) is 6.10 Å². The molecule has 1 aromatic heterocycles. The van der Waals surface area contributed by atoms with Gasteiger partial charge in [0, 0.05) is 6.61 Å². The Bertz CT molecular complexity index is 358. The van der Waals surface area contributed by atoms with E-state index in [4.69, 9.17) is 4.74 Å². The summed E-state index contributed by atoms with van der Waals surface area (Å²) in [6.07, 6.45) is 2.13. The highest BCUT2D eigenvalue weighted by Gasteiger charge is 2.21. The Labute approximate surface area is 95.8 Å². The Morgan fingerprint density at radius 3 is 3.00 bits per heavy atom. The number of aromatic nitrogens is 2. The molecule has 14 heavy (non-hydrogen) atoms. The minimum atomic E-state index is 0.260. The largest absolute Gasteiger partial charge is 0.376 e. The number of nitrogens with zero attached hydrogens (tertiary/aromatic N) is 2. The maximum absolute atomic E-state index is 10.8. The van der Waals surface area contributed by atoms with Crippen LogP contribution in [0.2, 0.25) is 0 Å². The van der Waals surface area contributed by atoms with Gasteiger partial charge in [0.25, 0.3) is 0 Å². The van der Waals surface area contributed by atoms with Crippen LogP contribution in [0.4, 0.5) is 0 Å². The molecule has 1 saturated heterocycles. The van der Waals surface area contributed by atoms with Gasteiger partial charge in [-0.3, -0.25) is 4.79 Å². The molecule has 1 atom stereocenters. The number of aryl methyl sites for hydroxylation is 1. The lowest BCUT2D eigenvalue weighted by atomic mass is 10.2. The van der Waals surface area contributed by atoms with Crippen LogP contribution in [-0.2, 0) is 11.3 Å². The van der Waals surface area contributed by atoms with E-state index in [9.17, 15) is 4.79 Å². The molecule has 1 aromatic rings. The summed E-state index contributed by atoms with van der Waals surface area (Å²) in [7, 11) is 0. The molecule has 0 saturated carbocycles. The number of carbonyl (C=O) groups excluding carboxylic acids is 1. The summed E-state index contributed by atoms with van der Waals surface area (Å²) in [5.41, 5.74) is 0.909. The first-order valence-corrected chi connectivity index (χ1v) is 5.59. The standard InChI is InChI=1S/C9H11IN2O2/c1-6-9(10)12(8(5-13)11-6)4-7-2-3-14-7/h5,7H,2-4H2,1H3/t7-/m0/s1. The second kappa shape index (κ2) is 3.98. The zero-order valence-corrected chi connectivity index (χ0v) is 10.0. The first kappa shape index (κ1) is 10.1. The van der Waals surface area contributed by atoms with Crippen molar-refractivity contribution >= 4 is 28.9 Å². The third-order valence-corrected chi connectivity index (χ3v) is 3.74. The van der Waals surface area contributed by atoms with E-state index in [1.165, 1.54) is 0 Å². The van der Waals surface area contributed by atoms with Crippen LogP contribution in [0.5, 0.6) is 0 Å². The van der Waals surface area contributed by atoms with Crippen LogP contribution in [0.25, 0.3) is 0 Å². The molecule has 0 bridgehead atoms. The van der Waals surface area contributed by atoms with Gasteiger partial charge in [-0.05, 0) is 35.9 Å². The monoisotopic (exact) mass is 306 g/mol. The zero-order valence-electron chi connectivity index (χ0n) is 7.86. The van der Waals surface area contributed by atoms with Crippen LogP contribution in [0.1, 0.15) is 22.7 Å². The molecule has 0 radical (unpaired) electrons. The molecule has 0 aliphatic carbocycles. The van der Waals surface area contributed by atoms with Crippen molar-refractivity contribution in [3.8, 4) is 0 Å². The predicted molar refractivity (Wildman–Crippen MR) is 59.4 cm³/mol. The Kier molecular flexibility index (Phi) is 2.87. The number of rotatable bonds is 3. The van der Waals surface area contributed by atoms with Crippen LogP contribution in [-0.4, -0.2) is 28.5 Å². The number of ether oxygens (including phenoxy) is 1. The summed E-state index contributed by atoms with van der Waals surface area (Å²) in [4.78, 5) is 14.9. The van der Waals surface area contributed by atoms with Crippen molar-refractivity contribution in [1.82, 2.24) is 9.55 Å². The molecule has 2 rings (SSSR count). The number of hydrogen-bond donors (Lipinski definition) is 0. The maximum Gasteiger partial charge on any atom is 0.185 e. The van der Waals surface area contributed by atoms with Crippen LogP contribution >= 0.6 is 22.6 Å². The Hall–Kier alpha value is -0.430. The van der Waals surface area contributed by atoms with Gasteiger partial charge in [0.2, 0.25) is 0 Å². The summed E-state index contributed by atoms with van der Waals surface area (Å²) in [5.74, 6) is 0.502. The van der Waals surface area contributed by atoms with Gasteiger partial charge >= 0.3 is 0 Å². The molecule has 0 amide bonds. The van der Waals surface area contributed by atoms with Crippen LogP contribution < -0.4 is 0 Å². The summed E-state index contributed by atoms with van der Waals surface area (Å²) in [5, 5.41) is 0. The minimum absolute atomic E-state index is 0.260. The number of carbonyl (C=O) groups is 1. The van der Waals surface area contributed by atoms with E-state index in [1.54, 1.807) is 0 Å². The Balaban J connectivity index is 2.24. The van der Waals surface area contributed by atoms with E-state index in [1.807, 2.05) is 11.5 Å². The molecule has 76 valence electrons. The van der Waals surface area contributed by atoms with Crippen molar-refractivity contribution in [1.29, 1.82) is 0 Å². The lowest BCUT2D eigenvalue weighted by molar-refractivity contribution is -0.0596. The number of aldehydes is 1. The van der Waals surface area contributed by atoms with Gasteiger partial charge in [-0.1, -0.05) is 0 Å². The van der Waals surface area contributed by atoms with E-state index < -0.39 is 0 Å². The van der Waals surface area contributed by atoms with Crippen molar-refractivity contribution in [2.24, 2.45) is 0 Å². The van der Waals surface area contributed by atoms with Gasteiger partial charge in [0.1, 0.15) is 3.70 Å². The van der Waals surface area contributed by atoms with Crippen LogP contribution in [0.15, 0.2) is 0 Å². The summed E-state index contributed by atoms with van der Waals surface area (Å²) >= 11 is 2.21. The molecule has 0 unspecified atom stereocenters. The van der Waals surface area contributed by atoms with Gasteiger partial charge in [-0.25, -0.2) is 4.98 Å². The van der Waals surface area contributed by atoms with Gasteiger partial charge < -0.3 is 9.30 Å². The van der Waals surface area contributed by atoms with Gasteiger partial charge in [-0.2, -0.15) is 0 Å². The molecule has 5 heteroatoms. The Morgan fingerprint density at radius 2 is 2.50 bits per heavy atom. The summed E-state index contributed by atoms with van der Waals surface area (Å²) < 4.78 is 8.28. The fourth-order valence-corrected chi connectivity index (χ4v) is 2.03. The molecule has 2 heterocycles. The molecule has 0 spiro atoms. The fourth-order valence-electron chi connectivity index (χ4n) is 1.47. The van der Waals surface area contributed by atoms with Crippen molar-refractivity contribution < 1.29 is 9.53 Å². The van der Waals surface area contributed by atoms with Gasteiger partial charge in [-0.15, -0.1) is 0 Å². The number of hydrogen-bond acceptors (Lipinski definition) is 3. The van der Waals surface area contributed by atoms with E-state index in [2.05, 4.69) is 27.6 Å². The molecular weight excluding hydrogens is 295 g/mol. The van der Waals surface area contributed by atoms with E-state index in [0.29, 0.717) is 5.82 Å². The van der Waals surface area contributed by atoms with Gasteiger partial charge in [0.05, 0.1) is 18.3 Å². The Morgan fingerprint density at radius 1 is 1.79 bits per heavy atom. The minimum Gasteiger partial charge on any atom is -0.376 e. The van der Waals surface area contributed by atoms with Crippen molar-refractivity contribution in [3.05, 3.63) is 15.2 Å². The van der Waals surface area contributed by atoms with Crippen molar-refractivity contribution in [3.63, 3.8) is 0 Å². The van der Waals surface area contributed by atoms with Crippen LogP contribution in [0, 0.1) is 10.6 Å². The molecule has 0 aromatic carbocycles. The number of halogens is 1. The van der Waals surface area contributed by atoms with Gasteiger partial charge in [0.15, 0.2) is 12.1 Å². The third kappa shape index (κ3) is 1.70. The molecule has 1 aliphatic rings. The predicted octanol–water partition coefficient (Wildman–Crippen LogP) is 1.40.